The summed E-state index contributed by atoms with van der Waals surface area (Å²) in [6, 6.07) is 4.58. The summed E-state index contributed by atoms with van der Waals surface area (Å²) in [4.78, 5) is 1.97. The van der Waals surface area contributed by atoms with E-state index in [1.807, 2.05) is 25.7 Å². The number of hydrogen-bond donors (Lipinski definition) is 0. The van der Waals surface area contributed by atoms with Gasteiger partial charge in [0, 0.05) is 24.2 Å². The highest BCUT2D eigenvalue weighted by Crippen LogP contribution is 2.35. The quantitative estimate of drug-likeness (QED) is 0.685. The lowest BCUT2D eigenvalue weighted by molar-refractivity contribution is -0.138. The van der Waals surface area contributed by atoms with Crippen LogP contribution in [-0.4, -0.2) is 12.6 Å². The van der Waals surface area contributed by atoms with E-state index in [1.165, 1.54) is 12.1 Å². The molecule has 0 radical (unpaired) electrons. The number of anilines is 1. The van der Waals surface area contributed by atoms with Crippen molar-refractivity contribution >= 4 is 17.3 Å². The number of nitrogens with zero attached hydrogens (tertiary/aromatic N) is 1. The predicted octanol–water partition coefficient (Wildman–Crippen LogP) is 5.07. The van der Waals surface area contributed by atoms with Crippen LogP contribution < -0.4 is 4.90 Å². The fourth-order valence-corrected chi connectivity index (χ4v) is 2.33. The molecule has 0 bridgehead atoms. The Labute approximate surface area is 117 Å². The van der Waals surface area contributed by atoms with Gasteiger partial charge in [-0.15, -0.1) is 11.6 Å². The molecule has 0 aliphatic rings. The summed E-state index contributed by atoms with van der Waals surface area (Å²) in [5.74, 6) is -0.134. The largest absolute Gasteiger partial charge is 0.416 e. The van der Waals surface area contributed by atoms with Gasteiger partial charge in [-0.2, -0.15) is 13.2 Å². The van der Waals surface area contributed by atoms with E-state index in [9.17, 15) is 13.2 Å². The summed E-state index contributed by atoms with van der Waals surface area (Å²) in [7, 11) is 0. The van der Waals surface area contributed by atoms with Crippen LogP contribution >= 0.6 is 11.6 Å². The van der Waals surface area contributed by atoms with E-state index >= 15 is 0 Å². The van der Waals surface area contributed by atoms with Gasteiger partial charge in [-0.3, -0.25) is 0 Å². The molecule has 1 aromatic carbocycles. The van der Waals surface area contributed by atoms with E-state index in [4.69, 9.17) is 11.6 Å². The van der Waals surface area contributed by atoms with E-state index in [1.54, 1.807) is 6.07 Å². The normalized spacial score (nSPS) is 13.4. The van der Waals surface area contributed by atoms with Crippen molar-refractivity contribution in [1.29, 1.82) is 0 Å². The van der Waals surface area contributed by atoms with Gasteiger partial charge in [0.15, 0.2) is 0 Å². The second-order valence-corrected chi connectivity index (χ2v) is 4.78. The Balaban J connectivity index is 3.24. The van der Waals surface area contributed by atoms with Crippen molar-refractivity contribution < 1.29 is 13.2 Å². The maximum Gasteiger partial charge on any atom is 0.416 e. The molecule has 0 heterocycles. The molecule has 19 heavy (non-hydrogen) atoms. The molecule has 0 aliphatic heterocycles. The molecule has 1 unspecified atom stereocenters. The molecule has 0 fully saturated rings. The SMILES string of the molecule is CCC(C)N(CC)c1ccc(CCl)c(C(F)(F)F)c1. The van der Waals surface area contributed by atoms with Crippen molar-refractivity contribution in [3.8, 4) is 0 Å². The van der Waals surface area contributed by atoms with E-state index in [2.05, 4.69) is 0 Å². The van der Waals surface area contributed by atoms with Gasteiger partial charge in [0.25, 0.3) is 0 Å². The highest BCUT2D eigenvalue weighted by Gasteiger charge is 2.33. The van der Waals surface area contributed by atoms with Crippen LogP contribution in [0.5, 0.6) is 0 Å². The van der Waals surface area contributed by atoms with E-state index in [0.29, 0.717) is 12.2 Å². The zero-order chi connectivity index (χ0) is 14.6. The van der Waals surface area contributed by atoms with Gasteiger partial charge in [0.1, 0.15) is 0 Å². The van der Waals surface area contributed by atoms with Crippen LogP contribution in [0.1, 0.15) is 38.3 Å². The Morgan fingerprint density at radius 3 is 2.32 bits per heavy atom. The number of rotatable bonds is 5. The fraction of sp³-hybridized carbons (Fsp3) is 0.571. The Kier molecular flexibility index (Phi) is 5.53. The maximum atomic E-state index is 13.0. The Bertz CT molecular complexity index is 418. The third kappa shape index (κ3) is 3.78. The van der Waals surface area contributed by atoms with Gasteiger partial charge in [-0.05, 0) is 38.0 Å². The molecule has 0 amide bonds. The summed E-state index contributed by atoms with van der Waals surface area (Å²) in [6.45, 7) is 6.64. The average Bonchev–Trinajstić information content (AvgIpc) is 2.38. The van der Waals surface area contributed by atoms with Crippen LogP contribution in [0, 0.1) is 0 Å². The first-order valence-electron chi connectivity index (χ1n) is 6.37. The Morgan fingerprint density at radius 2 is 1.89 bits per heavy atom. The monoisotopic (exact) mass is 293 g/mol. The van der Waals surface area contributed by atoms with Crippen LogP contribution in [0.4, 0.5) is 18.9 Å². The first-order chi connectivity index (χ1) is 8.85. The Morgan fingerprint density at radius 1 is 1.26 bits per heavy atom. The van der Waals surface area contributed by atoms with Gasteiger partial charge < -0.3 is 4.90 Å². The number of hydrogen-bond acceptors (Lipinski definition) is 1. The molecule has 1 atom stereocenters. The van der Waals surface area contributed by atoms with Gasteiger partial charge in [0.05, 0.1) is 5.56 Å². The van der Waals surface area contributed by atoms with Gasteiger partial charge in [0.2, 0.25) is 0 Å². The molecular formula is C14H19ClF3N. The lowest BCUT2D eigenvalue weighted by atomic mass is 10.1. The minimum Gasteiger partial charge on any atom is -0.369 e. The van der Waals surface area contributed by atoms with Gasteiger partial charge in [-0.25, -0.2) is 0 Å². The fourth-order valence-electron chi connectivity index (χ4n) is 2.09. The van der Waals surface area contributed by atoms with Crippen molar-refractivity contribution in [3.05, 3.63) is 29.3 Å². The van der Waals surface area contributed by atoms with Crippen molar-refractivity contribution in [1.82, 2.24) is 0 Å². The first-order valence-corrected chi connectivity index (χ1v) is 6.91. The van der Waals surface area contributed by atoms with Crippen molar-refractivity contribution in [3.63, 3.8) is 0 Å². The molecule has 108 valence electrons. The highest BCUT2D eigenvalue weighted by atomic mass is 35.5. The van der Waals surface area contributed by atoms with Crippen LogP contribution in [0.15, 0.2) is 18.2 Å². The molecule has 0 N–H and O–H groups in total. The van der Waals surface area contributed by atoms with Crippen molar-refractivity contribution in [2.75, 3.05) is 11.4 Å². The molecule has 0 aliphatic carbocycles. The molecule has 1 nitrogen and oxygen atoms in total. The van der Waals surface area contributed by atoms with E-state index in [-0.39, 0.29) is 17.5 Å². The number of alkyl halides is 4. The van der Waals surface area contributed by atoms with Crippen LogP contribution in [0.2, 0.25) is 0 Å². The maximum absolute atomic E-state index is 13.0. The van der Waals surface area contributed by atoms with Crippen LogP contribution in [0.3, 0.4) is 0 Å². The lowest BCUT2D eigenvalue weighted by Gasteiger charge is -2.30. The Hall–Kier alpha value is -0.900. The summed E-state index contributed by atoms with van der Waals surface area (Å²) >= 11 is 5.58. The number of benzene rings is 1. The minimum absolute atomic E-state index is 0.123. The first kappa shape index (κ1) is 16.2. The zero-order valence-electron chi connectivity index (χ0n) is 11.4. The highest BCUT2D eigenvalue weighted by molar-refractivity contribution is 6.17. The smallest absolute Gasteiger partial charge is 0.369 e. The van der Waals surface area contributed by atoms with Crippen LogP contribution in [0.25, 0.3) is 0 Å². The summed E-state index contributed by atoms with van der Waals surface area (Å²) in [5, 5.41) is 0. The molecule has 0 saturated heterocycles. The third-order valence-corrected chi connectivity index (χ3v) is 3.63. The molecule has 1 aromatic rings. The second kappa shape index (κ2) is 6.51. The van der Waals surface area contributed by atoms with Crippen molar-refractivity contribution in [2.24, 2.45) is 0 Å². The minimum atomic E-state index is -4.37. The molecule has 1 rings (SSSR count). The molecule has 0 saturated carbocycles. The molecule has 5 heteroatoms. The van der Waals surface area contributed by atoms with Crippen LogP contribution in [-0.2, 0) is 12.1 Å². The van der Waals surface area contributed by atoms with Gasteiger partial charge >= 0.3 is 6.18 Å². The summed E-state index contributed by atoms with van der Waals surface area (Å²) in [5.41, 5.74) is 0.0814. The zero-order valence-corrected chi connectivity index (χ0v) is 12.1. The summed E-state index contributed by atoms with van der Waals surface area (Å²) < 4.78 is 39.0. The molecule has 0 spiro atoms. The van der Waals surface area contributed by atoms with E-state index in [0.717, 1.165) is 6.42 Å². The predicted molar refractivity (Wildman–Crippen MR) is 73.8 cm³/mol. The lowest BCUT2D eigenvalue weighted by Crippen LogP contribution is -2.32. The molecular weight excluding hydrogens is 275 g/mol. The number of halogens is 4. The van der Waals surface area contributed by atoms with E-state index < -0.39 is 11.7 Å². The topological polar surface area (TPSA) is 3.24 Å². The average molecular weight is 294 g/mol. The standard InChI is InChI=1S/C14H19ClF3N/c1-4-10(3)19(5-2)12-7-6-11(9-15)13(8-12)14(16,17)18/h6-8,10H,4-5,9H2,1-3H3. The third-order valence-electron chi connectivity index (χ3n) is 3.34. The van der Waals surface area contributed by atoms with Crippen molar-refractivity contribution in [2.45, 2.75) is 45.3 Å². The van der Waals surface area contributed by atoms with Gasteiger partial charge in [-0.1, -0.05) is 13.0 Å². The molecule has 0 aromatic heterocycles. The second-order valence-electron chi connectivity index (χ2n) is 4.52. The summed E-state index contributed by atoms with van der Waals surface area (Å²) in [6.07, 6.45) is -3.48.